The SMILES string of the molecule is C=CCc1ccccc1OCCCn1c(C(C)NC=O)nc2ccccc21. The number of aryl methyl sites for hydroxylation is 1. The van der Waals surface area contributed by atoms with Crippen LogP contribution in [0.5, 0.6) is 5.75 Å². The summed E-state index contributed by atoms with van der Waals surface area (Å²) in [6, 6.07) is 15.9. The Balaban J connectivity index is 1.70. The summed E-state index contributed by atoms with van der Waals surface area (Å²) in [7, 11) is 0. The quantitative estimate of drug-likeness (QED) is 0.336. The fraction of sp³-hybridized carbons (Fsp3) is 0.273. The van der Waals surface area contributed by atoms with Crippen LogP contribution in [0, 0.1) is 0 Å². The number of benzene rings is 2. The molecule has 3 rings (SSSR count). The molecule has 0 bridgehead atoms. The van der Waals surface area contributed by atoms with Crippen LogP contribution in [-0.4, -0.2) is 22.6 Å². The minimum atomic E-state index is -0.149. The predicted molar refractivity (Wildman–Crippen MR) is 108 cm³/mol. The Hall–Kier alpha value is -3.08. The second kappa shape index (κ2) is 9.03. The van der Waals surface area contributed by atoms with E-state index < -0.39 is 0 Å². The normalized spacial score (nSPS) is 11.9. The number of para-hydroxylation sites is 3. The van der Waals surface area contributed by atoms with Crippen molar-refractivity contribution in [2.75, 3.05) is 6.61 Å². The molecular weight excluding hydrogens is 338 g/mol. The van der Waals surface area contributed by atoms with Gasteiger partial charge in [0.1, 0.15) is 11.6 Å². The molecule has 1 heterocycles. The van der Waals surface area contributed by atoms with E-state index in [0.29, 0.717) is 13.0 Å². The smallest absolute Gasteiger partial charge is 0.207 e. The van der Waals surface area contributed by atoms with Crippen LogP contribution in [0.25, 0.3) is 11.0 Å². The van der Waals surface area contributed by atoms with Crippen LogP contribution >= 0.6 is 0 Å². The first kappa shape index (κ1) is 18.7. The summed E-state index contributed by atoms with van der Waals surface area (Å²) in [6.45, 7) is 7.11. The molecule has 1 unspecified atom stereocenters. The number of carbonyl (C=O) groups excluding carboxylic acids is 1. The summed E-state index contributed by atoms with van der Waals surface area (Å²) in [6.07, 6.45) is 4.23. The Morgan fingerprint density at radius 2 is 2.00 bits per heavy atom. The number of fused-ring (bicyclic) bond motifs is 1. The Morgan fingerprint density at radius 1 is 1.22 bits per heavy atom. The molecular formula is C22H25N3O2. The lowest BCUT2D eigenvalue weighted by atomic mass is 10.1. The zero-order valence-electron chi connectivity index (χ0n) is 15.6. The molecule has 0 saturated heterocycles. The van der Waals surface area contributed by atoms with Gasteiger partial charge in [0, 0.05) is 6.54 Å². The molecule has 1 aromatic heterocycles. The van der Waals surface area contributed by atoms with Gasteiger partial charge in [0.25, 0.3) is 0 Å². The third-order valence-electron chi connectivity index (χ3n) is 4.51. The topological polar surface area (TPSA) is 56.1 Å². The zero-order chi connectivity index (χ0) is 19.1. The van der Waals surface area contributed by atoms with Crippen LogP contribution in [-0.2, 0) is 17.8 Å². The second-order valence-corrected chi connectivity index (χ2v) is 6.42. The van der Waals surface area contributed by atoms with Gasteiger partial charge in [-0.1, -0.05) is 36.4 Å². The Labute approximate surface area is 159 Å². The molecule has 0 radical (unpaired) electrons. The zero-order valence-corrected chi connectivity index (χ0v) is 15.6. The summed E-state index contributed by atoms with van der Waals surface area (Å²) >= 11 is 0. The molecule has 5 heteroatoms. The Kier molecular flexibility index (Phi) is 6.26. The van der Waals surface area contributed by atoms with Crippen molar-refractivity contribution >= 4 is 17.4 Å². The largest absolute Gasteiger partial charge is 0.493 e. The molecule has 140 valence electrons. The van der Waals surface area contributed by atoms with E-state index >= 15 is 0 Å². The summed E-state index contributed by atoms with van der Waals surface area (Å²) in [4.78, 5) is 15.5. The minimum Gasteiger partial charge on any atom is -0.493 e. The number of rotatable bonds is 10. The highest BCUT2D eigenvalue weighted by Gasteiger charge is 2.15. The number of nitrogens with zero attached hydrogens (tertiary/aromatic N) is 2. The fourth-order valence-corrected chi connectivity index (χ4v) is 3.21. The average Bonchev–Trinajstić information content (AvgIpc) is 3.06. The van der Waals surface area contributed by atoms with E-state index in [1.807, 2.05) is 49.4 Å². The number of carbonyl (C=O) groups is 1. The van der Waals surface area contributed by atoms with Gasteiger partial charge in [-0.3, -0.25) is 4.79 Å². The van der Waals surface area contributed by atoms with Crippen LogP contribution in [0.15, 0.2) is 61.2 Å². The van der Waals surface area contributed by atoms with Gasteiger partial charge in [-0.05, 0) is 43.5 Å². The van der Waals surface area contributed by atoms with Crippen molar-refractivity contribution in [2.24, 2.45) is 0 Å². The first-order chi connectivity index (χ1) is 13.2. The standard InChI is InChI=1S/C22H25N3O2/c1-3-9-18-10-4-7-13-21(18)27-15-8-14-25-20-12-6-5-11-19(20)24-22(25)17(2)23-16-26/h3-7,10-13,16-17H,1,8-9,14-15H2,2H3,(H,23,26). The van der Waals surface area contributed by atoms with Gasteiger partial charge in [-0.15, -0.1) is 6.58 Å². The van der Waals surface area contributed by atoms with E-state index in [4.69, 9.17) is 9.72 Å². The van der Waals surface area contributed by atoms with Crippen molar-refractivity contribution < 1.29 is 9.53 Å². The lowest BCUT2D eigenvalue weighted by Gasteiger charge is -2.15. The van der Waals surface area contributed by atoms with Crippen molar-refractivity contribution in [2.45, 2.75) is 32.4 Å². The van der Waals surface area contributed by atoms with Crippen LogP contribution in [0.4, 0.5) is 0 Å². The number of hydrogen-bond acceptors (Lipinski definition) is 3. The molecule has 0 fully saturated rings. The maximum atomic E-state index is 10.8. The number of aromatic nitrogens is 2. The molecule has 27 heavy (non-hydrogen) atoms. The number of allylic oxidation sites excluding steroid dienone is 1. The van der Waals surface area contributed by atoms with Gasteiger partial charge in [0.2, 0.25) is 6.41 Å². The molecule has 3 aromatic rings. The summed E-state index contributed by atoms with van der Waals surface area (Å²) in [5.41, 5.74) is 3.15. The van der Waals surface area contributed by atoms with Gasteiger partial charge in [-0.25, -0.2) is 4.98 Å². The first-order valence-corrected chi connectivity index (χ1v) is 9.21. The van der Waals surface area contributed by atoms with Gasteiger partial charge in [0.15, 0.2) is 0 Å². The van der Waals surface area contributed by atoms with Gasteiger partial charge >= 0.3 is 0 Å². The maximum Gasteiger partial charge on any atom is 0.207 e. The molecule has 0 spiro atoms. The molecule has 1 N–H and O–H groups in total. The summed E-state index contributed by atoms with van der Waals surface area (Å²) in [5, 5.41) is 2.80. The third-order valence-corrected chi connectivity index (χ3v) is 4.51. The maximum absolute atomic E-state index is 10.8. The Bertz CT molecular complexity index is 917. The van der Waals surface area contributed by atoms with E-state index in [2.05, 4.69) is 28.6 Å². The van der Waals surface area contributed by atoms with Crippen molar-refractivity contribution in [3.05, 3.63) is 72.6 Å². The molecule has 1 amide bonds. The van der Waals surface area contributed by atoms with E-state index in [0.717, 1.165) is 47.6 Å². The Morgan fingerprint density at radius 3 is 2.81 bits per heavy atom. The molecule has 0 aliphatic rings. The highest BCUT2D eigenvalue weighted by atomic mass is 16.5. The van der Waals surface area contributed by atoms with Crippen molar-refractivity contribution in [1.29, 1.82) is 0 Å². The fourth-order valence-electron chi connectivity index (χ4n) is 3.21. The van der Waals surface area contributed by atoms with Crippen LogP contribution in [0.1, 0.15) is 30.8 Å². The molecule has 2 aromatic carbocycles. The van der Waals surface area contributed by atoms with E-state index in [1.165, 1.54) is 0 Å². The average molecular weight is 363 g/mol. The van der Waals surface area contributed by atoms with Crippen LogP contribution < -0.4 is 10.1 Å². The van der Waals surface area contributed by atoms with Gasteiger partial charge in [-0.2, -0.15) is 0 Å². The monoisotopic (exact) mass is 363 g/mol. The lowest BCUT2D eigenvalue weighted by Crippen LogP contribution is -2.21. The van der Waals surface area contributed by atoms with Crippen molar-refractivity contribution in [3.63, 3.8) is 0 Å². The van der Waals surface area contributed by atoms with Gasteiger partial charge in [0.05, 0.1) is 23.7 Å². The number of ether oxygens (including phenoxy) is 1. The molecule has 0 aliphatic carbocycles. The predicted octanol–water partition coefficient (Wildman–Crippen LogP) is 4.04. The first-order valence-electron chi connectivity index (χ1n) is 9.21. The molecule has 0 saturated carbocycles. The van der Waals surface area contributed by atoms with Crippen molar-refractivity contribution in [3.8, 4) is 5.75 Å². The van der Waals surface area contributed by atoms with Crippen molar-refractivity contribution in [1.82, 2.24) is 14.9 Å². The second-order valence-electron chi connectivity index (χ2n) is 6.42. The number of amides is 1. The molecule has 5 nitrogen and oxygen atoms in total. The van der Waals surface area contributed by atoms with E-state index in [1.54, 1.807) is 0 Å². The lowest BCUT2D eigenvalue weighted by molar-refractivity contribution is -0.110. The third kappa shape index (κ3) is 4.37. The number of nitrogens with one attached hydrogen (secondary N) is 1. The minimum absolute atomic E-state index is 0.149. The number of hydrogen-bond donors (Lipinski definition) is 1. The number of imidazole rings is 1. The summed E-state index contributed by atoms with van der Waals surface area (Å²) in [5.74, 6) is 1.76. The molecule has 1 atom stereocenters. The highest BCUT2D eigenvalue weighted by Crippen LogP contribution is 2.22. The van der Waals surface area contributed by atoms with E-state index in [9.17, 15) is 4.79 Å². The van der Waals surface area contributed by atoms with E-state index in [-0.39, 0.29) is 6.04 Å². The van der Waals surface area contributed by atoms with Crippen LogP contribution in [0.3, 0.4) is 0 Å². The molecule has 0 aliphatic heterocycles. The highest BCUT2D eigenvalue weighted by molar-refractivity contribution is 5.76. The van der Waals surface area contributed by atoms with Gasteiger partial charge < -0.3 is 14.6 Å². The van der Waals surface area contributed by atoms with Crippen LogP contribution in [0.2, 0.25) is 0 Å². The summed E-state index contributed by atoms with van der Waals surface area (Å²) < 4.78 is 8.16.